The minimum Gasteiger partial charge on any atom is -0.449 e. The fraction of sp³-hybridized carbons (Fsp3) is 0.509. The first-order valence-electron chi connectivity index (χ1n) is 24.9. The van der Waals surface area contributed by atoms with Gasteiger partial charge in [-0.1, -0.05) is 25.1 Å². The van der Waals surface area contributed by atoms with Crippen LogP contribution in [0.2, 0.25) is 0 Å². The quantitative estimate of drug-likeness (QED) is 0.125. The molecule has 0 saturated carbocycles. The number of rotatable bonds is 14. The number of benzene rings is 1. The highest BCUT2D eigenvalue weighted by Gasteiger charge is 2.32. The molecular formula is C53H67N9O10. The molecule has 4 aliphatic heterocycles. The van der Waals surface area contributed by atoms with Gasteiger partial charge in [0, 0.05) is 60.3 Å². The molecule has 19 heteroatoms. The van der Waals surface area contributed by atoms with Crippen LogP contribution < -0.4 is 19.9 Å². The number of urea groups is 1. The van der Waals surface area contributed by atoms with Crippen LogP contribution in [-0.4, -0.2) is 116 Å². The SMILES string of the molecule is COC(C)c1nc2c(cc1CN1CCCCOC1=O)CCCN2C(=O)Oc1ccccc1.COC[C@@H](C)Cc1cc(NC(=O)N2CCCc3cc(CN4CCCCOC4=O)c(C(C)OC)nc32)ncc1C#N. The van der Waals surface area contributed by atoms with Gasteiger partial charge in [-0.3, -0.25) is 15.1 Å². The monoisotopic (exact) mass is 990 g/mol. The summed E-state index contributed by atoms with van der Waals surface area (Å²) < 4.78 is 32.6. The molecule has 3 aromatic heterocycles. The fourth-order valence-corrected chi connectivity index (χ4v) is 9.24. The van der Waals surface area contributed by atoms with Crippen LogP contribution in [0.15, 0.2) is 54.7 Å². The molecule has 19 nitrogen and oxygen atoms in total. The van der Waals surface area contributed by atoms with E-state index in [1.54, 1.807) is 59.1 Å². The Morgan fingerprint density at radius 1 is 0.736 bits per heavy atom. The predicted octanol–water partition coefficient (Wildman–Crippen LogP) is 9.07. The maximum atomic E-state index is 13.5. The van der Waals surface area contributed by atoms with E-state index in [1.807, 2.05) is 51.1 Å². The van der Waals surface area contributed by atoms with Crippen molar-refractivity contribution in [3.05, 3.63) is 99.5 Å². The van der Waals surface area contributed by atoms with Crippen LogP contribution in [0.25, 0.3) is 0 Å². The molecule has 0 radical (unpaired) electrons. The van der Waals surface area contributed by atoms with Crippen LogP contribution in [0.1, 0.15) is 116 Å². The van der Waals surface area contributed by atoms with E-state index in [4.69, 9.17) is 38.4 Å². The van der Waals surface area contributed by atoms with Crippen molar-refractivity contribution in [3.63, 3.8) is 0 Å². The molecule has 5 amide bonds. The maximum absolute atomic E-state index is 13.5. The molecule has 7 heterocycles. The number of hydrogen-bond acceptors (Lipinski definition) is 14. The van der Waals surface area contributed by atoms with Crippen LogP contribution in [0.3, 0.4) is 0 Å². The molecule has 1 aromatic carbocycles. The lowest BCUT2D eigenvalue weighted by Crippen LogP contribution is -2.40. The molecule has 0 bridgehead atoms. The number of hydrogen-bond donors (Lipinski definition) is 1. The van der Waals surface area contributed by atoms with Crippen molar-refractivity contribution < 1.29 is 47.6 Å². The van der Waals surface area contributed by atoms with E-state index in [2.05, 4.69) is 16.4 Å². The molecule has 0 spiro atoms. The largest absolute Gasteiger partial charge is 0.449 e. The van der Waals surface area contributed by atoms with Crippen LogP contribution in [0.4, 0.5) is 36.6 Å². The molecule has 384 valence electrons. The Morgan fingerprint density at radius 3 is 1.83 bits per heavy atom. The standard InChI is InChI=1S/C29H38N6O5.C24H29N3O5/c1-19(18-38-3)12-22-14-25(31-16-24(22)15-30)32-28(36)35-10-7-8-21-13-23(26(20(2)39-4)33-27(21)35)17-34-9-5-6-11-40-29(34)37;1-17(30-2)21-19(16-26-12-6-7-14-31-23(26)28)15-18-9-8-13-27(22(18)25-21)24(29)32-20-10-4-3-5-11-20/h13-14,16,19-20H,5-12,17-18H2,1-4H3,(H,31,32,36);3-5,10-11,15,17H,6-9,12-14,16H2,1-2H3/t19-,20?;/m0./s1. The number of aromatic nitrogens is 3. The second kappa shape index (κ2) is 25.5. The van der Waals surface area contributed by atoms with Gasteiger partial charge in [0.25, 0.3) is 0 Å². The van der Waals surface area contributed by atoms with Gasteiger partial charge in [-0.2, -0.15) is 5.26 Å². The van der Waals surface area contributed by atoms with E-state index in [-0.39, 0.29) is 36.3 Å². The third kappa shape index (κ3) is 13.3. The number of ether oxygens (including phenoxy) is 6. The molecule has 4 aliphatic rings. The van der Waals surface area contributed by atoms with E-state index >= 15 is 0 Å². The highest BCUT2D eigenvalue weighted by atomic mass is 16.6. The molecule has 1 N–H and O–H groups in total. The molecule has 2 unspecified atom stereocenters. The Balaban J connectivity index is 0.000000216. The van der Waals surface area contributed by atoms with Gasteiger partial charge in [0.05, 0.1) is 55.5 Å². The number of cyclic esters (lactones) is 2. The number of aryl methyl sites for hydroxylation is 2. The Kier molecular flexibility index (Phi) is 18.7. The molecule has 3 atom stereocenters. The topological polar surface area (TPSA) is 211 Å². The number of carbonyl (C=O) groups excluding carboxylic acids is 4. The van der Waals surface area contributed by atoms with Crippen LogP contribution in [-0.2, 0) is 56.0 Å². The molecule has 2 saturated heterocycles. The average Bonchev–Trinajstić information content (AvgIpc) is 3.73. The summed E-state index contributed by atoms with van der Waals surface area (Å²) in [5.74, 6) is 2.24. The number of nitrogens with zero attached hydrogens (tertiary/aromatic N) is 8. The van der Waals surface area contributed by atoms with Crippen molar-refractivity contribution in [1.82, 2.24) is 24.8 Å². The van der Waals surface area contributed by atoms with Crippen molar-refractivity contribution in [2.45, 2.75) is 104 Å². The lowest BCUT2D eigenvalue weighted by molar-refractivity contribution is 0.107. The minimum absolute atomic E-state index is 0.202. The summed E-state index contributed by atoms with van der Waals surface area (Å²) in [7, 11) is 4.88. The normalized spacial score (nSPS) is 17.0. The van der Waals surface area contributed by atoms with Gasteiger partial charge in [0.2, 0.25) is 0 Å². The van der Waals surface area contributed by atoms with E-state index in [1.165, 1.54) is 6.20 Å². The van der Waals surface area contributed by atoms with Crippen molar-refractivity contribution in [2.75, 3.05) is 82.4 Å². The number of methoxy groups -OCH3 is 3. The summed E-state index contributed by atoms with van der Waals surface area (Å²) in [5, 5.41) is 12.4. The summed E-state index contributed by atoms with van der Waals surface area (Å²) in [4.78, 5) is 72.0. The van der Waals surface area contributed by atoms with E-state index in [0.717, 1.165) is 79.2 Å². The van der Waals surface area contributed by atoms with Crippen molar-refractivity contribution in [3.8, 4) is 11.8 Å². The Morgan fingerprint density at radius 2 is 1.29 bits per heavy atom. The zero-order valence-electron chi connectivity index (χ0n) is 42.3. The summed E-state index contributed by atoms with van der Waals surface area (Å²) >= 11 is 0. The molecular weight excluding hydrogens is 923 g/mol. The second-order valence-corrected chi connectivity index (χ2v) is 18.5. The van der Waals surface area contributed by atoms with Gasteiger partial charge in [-0.05, 0) is 136 Å². The summed E-state index contributed by atoms with van der Waals surface area (Å²) in [6, 6.07) is 16.7. The summed E-state index contributed by atoms with van der Waals surface area (Å²) in [6.07, 6.45) is 7.04. The molecule has 4 aromatic rings. The Bertz CT molecular complexity index is 2580. The van der Waals surface area contributed by atoms with Gasteiger partial charge in [-0.25, -0.2) is 34.1 Å². The Hall–Kier alpha value is -6.88. The van der Waals surface area contributed by atoms with Crippen LogP contribution >= 0.6 is 0 Å². The van der Waals surface area contributed by atoms with Crippen molar-refractivity contribution >= 4 is 41.8 Å². The predicted molar refractivity (Wildman–Crippen MR) is 268 cm³/mol. The van der Waals surface area contributed by atoms with Crippen molar-refractivity contribution in [2.24, 2.45) is 5.92 Å². The third-order valence-corrected chi connectivity index (χ3v) is 13.1. The minimum atomic E-state index is -0.454. The van der Waals surface area contributed by atoms with E-state index < -0.39 is 6.09 Å². The third-order valence-electron chi connectivity index (χ3n) is 13.1. The molecule has 8 rings (SSSR count). The highest BCUT2D eigenvalue weighted by molar-refractivity contribution is 6.01. The number of fused-ring (bicyclic) bond motifs is 2. The first-order valence-corrected chi connectivity index (χ1v) is 24.9. The molecule has 72 heavy (non-hydrogen) atoms. The number of nitriles is 1. The smallest absolute Gasteiger partial charge is 0.420 e. The highest BCUT2D eigenvalue weighted by Crippen LogP contribution is 2.34. The zero-order chi connectivity index (χ0) is 51.1. The maximum Gasteiger partial charge on any atom is 0.420 e. The summed E-state index contributed by atoms with van der Waals surface area (Å²) in [6.45, 7) is 10.4. The van der Waals surface area contributed by atoms with Gasteiger partial charge < -0.3 is 38.2 Å². The first kappa shape index (κ1) is 52.9. The Labute approximate surface area is 421 Å². The number of amides is 5. The zero-order valence-corrected chi connectivity index (χ0v) is 42.3. The summed E-state index contributed by atoms with van der Waals surface area (Å²) in [5.41, 5.74) is 6.38. The van der Waals surface area contributed by atoms with E-state index in [0.29, 0.717) is 106 Å². The van der Waals surface area contributed by atoms with Crippen molar-refractivity contribution in [1.29, 1.82) is 5.26 Å². The van der Waals surface area contributed by atoms with Crippen LogP contribution in [0, 0.1) is 17.2 Å². The number of nitrogens with one attached hydrogen (secondary N) is 1. The average molecular weight is 990 g/mol. The first-order chi connectivity index (χ1) is 34.9. The lowest BCUT2D eigenvalue weighted by atomic mass is 9.99. The van der Waals surface area contributed by atoms with Crippen LogP contribution in [0.5, 0.6) is 5.75 Å². The second-order valence-electron chi connectivity index (χ2n) is 18.5. The van der Waals surface area contributed by atoms with E-state index in [9.17, 15) is 24.4 Å². The van der Waals surface area contributed by atoms with Gasteiger partial charge >= 0.3 is 24.3 Å². The number of pyridine rings is 3. The number of carbonyl (C=O) groups is 4. The fourth-order valence-electron chi connectivity index (χ4n) is 9.24. The lowest BCUT2D eigenvalue weighted by Gasteiger charge is -2.31. The molecule has 0 aliphatic carbocycles. The molecule has 2 fully saturated rings. The van der Waals surface area contributed by atoms with Gasteiger partial charge in [0.15, 0.2) is 0 Å². The van der Waals surface area contributed by atoms with Gasteiger partial charge in [-0.15, -0.1) is 0 Å². The van der Waals surface area contributed by atoms with Gasteiger partial charge in [0.1, 0.15) is 29.3 Å². The number of para-hydroxylation sites is 1. The number of anilines is 3.